The quantitative estimate of drug-likeness (QED) is 0.668. The standard InChI is InChI=1S/C17H20N2O3/c1-12-5-6-13(9-16(12)21-2)8-14(10-18)17(20)19-11-15-4-3-7-22-15/h5-6,8-9,15H,3-4,7,11H2,1-2H3,(H,19,20)/b14-8+/t15-/m1/s1. The van der Waals surface area contributed by atoms with Gasteiger partial charge in [0.15, 0.2) is 0 Å². The van der Waals surface area contributed by atoms with Crippen molar-refractivity contribution in [2.75, 3.05) is 20.3 Å². The summed E-state index contributed by atoms with van der Waals surface area (Å²) in [5.41, 5.74) is 1.83. The summed E-state index contributed by atoms with van der Waals surface area (Å²) in [6, 6.07) is 7.49. The summed E-state index contributed by atoms with van der Waals surface area (Å²) in [6.07, 6.45) is 3.58. The fourth-order valence-corrected chi connectivity index (χ4v) is 2.35. The molecule has 0 bridgehead atoms. The van der Waals surface area contributed by atoms with E-state index in [1.54, 1.807) is 19.3 Å². The van der Waals surface area contributed by atoms with Gasteiger partial charge in [-0.1, -0.05) is 12.1 Å². The van der Waals surface area contributed by atoms with Gasteiger partial charge in [-0.15, -0.1) is 0 Å². The Kier molecular flexibility index (Phi) is 5.56. The first kappa shape index (κ1) is 16.1. The monoisotopic (exact) mass is 300 g/mol. The van der Waals surface area contributed by atoms with Gasteiger partial charge in [-0.2, -0.15) is 5.26 Å². The van der Waals surface area contributed by atoms with Gasteiger partial charge in [-0.3, -0.25) is 4.79 Å². The predicted octanol–water partition coefficient (Wildman–Crippen LogP) is 2.21. The fraction of sp³-hybridized carbons (Fsp3) is 0.412. The van der Waals surface area contributed by atoms with Crippen LogP contribution in [0.15, 0.2) is 23.8 Å². The molecule has 0 radical (unpaired) electrons. The molecule has 116 valence electrons. The van der Waals surface area contributed by atoms with Crippen LogP contribution in [0.4, 0.5) is 0 Å². The Morgan fingerprint density at radius 3 is 3.05 bits per heavy atom. The van der Waals surface area contributed by atoms with E-state index in [9.17, 15) is 10.1 Å². The normalized spacial score (nSPS) is 17.9. The average Bonchev–Trinajstić information content (AvgIpc) is 3.05. The van der Waals surface area contributed by atoms with Crippen LogP contribution in [0.2, 0.25) is 0 Å². The molecule has 0 aromatic heterocycles. The number of nitriles is 1. The van der Waals surface area contributed by atoms with E-state index in [1.807, 2.05) is 25.1 Å². The fourth-order valence-electron chi connectivity index (χ4n) is 2.35. The first-order chi connectivity index (χ1) is 10.6. The van der Waals surface area contributed by atoms with Crippen molar-refractivity contribution in [1.29, 1.82) is 5.26 Å². The van der Waals surface area contributed by atoms with E-state index in [0.29, 0.717) is 6.54 Å². The molecule has 5 nitrogen and oxygen atoms in total. The van der Waals surface area contributed by atoms with Gasteiger partial charge in [-0.05, 0) is 43.0 Å². The zero-order valence-electron chi connectivity index (χ0n) is 12.9. The second kappa shape index (κ2) is 7.62. The number of nitrogens with one attached hydrogen (secondary N) is 1. The lowest BCUT2D eigenvalue weighted by atomic mass is 10.1. The van der Waals surface area contributed by atoms with Crippen LogP contribution in [0.3, 0.4) is 0 Å². The second-order valence-electron chi connectivity index (χ2n) is 5.24. The maximum Gasteiger partial charge on any atom is 0.262 e. The minimum atomic E-state index is -0.377. The van der Waals surface area contributed by atoms with Gasteiger partial charge < -0.3 is 14.8 Å². The third-order valence-corrected chi connectivity index (χ3v) is 3.62. The third kappa shape index (κ3) is 4.09. The first-order valence-corrected chi connectivity index (χ1v) is 7.30. The van der Waals surface area contributed by atoms with Crippen molar-refractivity contribution >= 4 is 12.0 Å². The van der Waals surface area contributed by atoms with Gasteiger partial charge in [0.2, 0.25) is 0 Å². The van der Waals surface area contributed by atoms with Gasteiger partial charge in [-0.25, -0.2) is 0 Å². The zero-order valence-corrected chi connectivity index (χ0v) is 12.9. The van der Waals surface area contributed by atoms with E-state index >= 15 is 0 Å². The molecule has 0 aliphatic carbocycles. The molecule has 5 heteroatoms. The molecule has 1 aromatic carbocycles. The van der Waals surface area contributed by atoms with Crippen LogP contribution >= 0.6 is 0 Å². The highest BCUT2D eigenvalue weighted by Crippen LogP contribution is 2.20. The number of carbonyl (C=O) groups is 1. The number of aryl methyl sites for hydroxylation is 1. The predicted molar refractivity (Wildman–Crippen MR) is 83.3 cm³/mol. The summed E-state index contributed by atoms with van der Waals surface area (Å²) >= 11 is 0. The Hall–Kier alpha value is -2.32. The molecule has 1 saturated heterocycles. The van der Waals surface area contributed by atoms with E-state index in [-0.39, 0.29) is 17.6 Å². The van der Waals surface area contributed by atoms with Crippen molar-refractivity contribution in [2.45, 2.75) is 25.9 Å². The number of carbonyl (C=O) groups excluding carboxylic acids is 1. The van der Waals surface area contributed by atoms with Crippen molar-refractivity contribution in [3.8, 4) is 11.8 Å². The average molecular weight is 300 g/mol. The maximum absolute atomic E-state index is 12.1. The lowest BCUT2D eigenvalue weighted by Gasteiger charge is -2.10. The van der Waals surface area contributed by atoms with E-state index in [2.05, 4.69) is 5.32 Å². The van der Waals surface area contributed by atoms with Crippen molar-refractivity contribution in [3.05, 3.63) is 34.9 Å². The Morgan fingerprint density at radius 1 is 1.59 bits per heavy atom. The number of hydrogen-bond donors (Lipinski definition) is 1. The van der Waals surface area contributed by atoms with Crippen molar-refractivity contribution in [1.82, 2.24) is 5.32 Å². The molecule has 1 heterocycles. The molecule has 1 aliphatic rings. The number of ether oxygens (including phenoxy) is 2. The van der Waals surface area contributed by atoms with Gasteiger partial charge in [0.1, 0.15) is 17.4 Å². The maximum atomic E-state index is 12.1. The van der Waals surface area contributed by atoms with Gasteiger partial charge in [0, 0.05) is 13.2 Å². The number of methoxy groups -OCH3 is 1. The van der Waals surface area contributed by atoms with Crippen LogP contribution in [-0.4, -0.2) is 32.3 Å². The summed E-state index contributed by atoms with van der Waals surface area (Å²) in [6.45, 7) is 3.12. The van der Waals surface area contributed by atoms with Crippen LogP contribution in [0, 0.1) is 18.3 Å². The smallest absolute Gasteiger partial charge is 0.262 e. The van der Waals surface area contributed by atoms with Crippen LogP contribution < -0.4 is 10.1 Å². The Labute approximate surface area is 130 Å². The Balaban J connectivity index is 2.06. The summed E-state index contributed by atoms with van der Waals surface area (Å²) in [7, 11) is 1.59. The summed E-state index contributed by atoms with van der Waals surface area (Å²) in [5.74, 6) is 0.350. The van der Waals surface area contributed by atoms with Crippen molar-refractivity contribution in [2.24, 2.45) is 0 Å². The van der Waals surface area contributed by atoms with Crippen LogP contribution in [0.1, 0.15) is 24.0 Å². The molecule has 1 N–H and O–H groups in total. The highest BCUT2D eigenvalue weighted by Gasteiger charge is 2.17. The molecule has 0 unspecified atom stereocenters. The summed E-state index contributed by atoms with van der Waals surface area (Å²) in [4.78, 5) is 12.1. The van der Waals surface area contributed by atoms with Crippen LogP contribution in [0.25, 0.3) is 6.08 Å². The summed E-state index contributed by atoms with van der Waals surface area (Å²) in [5, 5.41) is 11.9. The molecular formula is C17H20N2O3. The van der Waals surface area contributed by atoms with Gasteiger partial charge in [0.25, 0.3) is 5.91 Å². The van der Waals surface area contributed by atoms with E-state index in [1.165, 1.54) is 0 Å². The highest BCUT2D eigenvalue weighted by atomic mass is 16.5. The molecule has 1 aliphatic heterocycles. The molecule has 1 atom stereocenters. The SMILES string of the molecule is COc1cc(/C=C(\C#N)C(=O)NC[C@H]2CCCO2)ccc1C. The molecular weight excluding hydrogens is 280 g/mol. The number of amides is 1. The number of hydrogen-bond acceptors (Lipinski definition) is 4. The van der Waals surface area contributed by atoms with Gasteiger partial charge >= 0.3 is 0 Å². The van der Waals surface area contributed by atoms with Crippen molar-refractivity contribution in [3.63, 3.8) is 0 Å². The minimum absolute atomic E-state index is 0.0587. The lowest BCUT2D eigenvalue weighted by Crippen LogP contribution is -2.32. The number of nitrogens with zero attached hydrogens (tertiary/aromatic N) is 1. The molecule has 0 saturated carbocycles. The van der Waals surface area contributed by atoms with Crippen LogP contribution in [0.5, 0.6) is 5.75 Å². The molecule has 1 aromatic rings. The van der Waals surface area contributed by atoms with Crippen LogP contribution in [-0.2, 0) is 9.53 Å². The van der Waals surface area contributed by atoms with E-state index in [4.69, 9.17) is 9.47 Å². The molecule has 22 heavy (non-hydrogen) atoms. The molecule has 1 fully saturated rings. The highest BCUT2D eigenvalue weighted by molar-refractivity contribution is 6.01. The number of benzene rings is 1. The largest absolute Gasteiger partial charge is 0.496 e. The molecule has 2 rings (SSSR count). The van der Waals surface area contributed by atoms with E-state index in [0.717, 1.165) is 36.3 Å². The lowest BCUT2D eigenvalue weighted by molar-refractivity contribution is -0.117. The van der Waals surface area contributed by atoms with Crippen molar-refractivity contribution < 1.29 is 14.3 Å². The Bertz CT molecular complexity index is 611. The third-order valence-electron chi connectivity index (χ3n) is 3.62. The molecule has 1 amide bonds. The Morgan fingerprint density at radius 2 is 2.41 bits per heavy atom. The summed E-state index contributed by atoms with van der Waals surface area (Å²) < 4.78 is 10.7. The van der Waals surface area contributed by atoms with Gasteiger partial charge in [0.05, 0.1) is 13.2 Å². The number of rotatable bonds is 5. The second-order valence-corrected chi connectivity index (χ2v) is 5.24. The first-order valence-electron chi connectivity index (χ1n) is 7.30. The topological polar surface area (TPSA) is 71.3 Å². The van der Waals surface area contributed by atoms with E-state index < -0.39 is 0 Å². The molecule has 0 spiro atoms. The zero-order chi connectivity index (χ0) is 15.9. The minimum Gasteiger partial charge on any atom is -0.496 e.